The molecular weight excluding hydrogens is 320 g/mol. The summed E-state index contributed by atoms with van der Waals surface area (Å²) in [6.45, 7) is 4.30. The van der Waals surface area contributed by atoms with Gasteiger partial charge in [0, 0.05) is 12.6 Å². The van der Waals surface area contributed by atoms with E-state index in [1.165, 1.54) is 11.3 Å². The Kier molecular flexibility index (Phi) is 5.74. The second-order valence-corrected chi connectivity index (χ2v) is 6.71. The molecule has 22 heavy (non-hydrogen) atoms. The van der Waals surface area contributed by atoms with Crippen LogP contribution in [0.1, 0.15) is 13.3 Å². The lowest BCUT2D eigenvalue weighted by atomic mass is 10.0. The van der Waals surface area contributed by atoms with Crippen LogP contribution in [0, 0.1) is 5.92 Å². The van der Waals surface area contributed by atoms with E-state index in [9.17, 15) is 4.79 Å². The van der Waals surface area contributed by atoms with E-state index in [2.05, 4.69) is 15.2 Å². The van der Waals surface area contributed by atoms with Crippen LogP contribution in [0.4, 0.5) is 5.13 Å². The van der Waals surface area contributed by atoms with Gasteiger partial charge in [0.25, 0.3) is 0 Å². The van der Waals surface area contributed by atoms with Crippen LogP contribution < -0.4 is 11.1 Å². The van der Waals surface area contributed by atoms with E-state index in [4.69, 9.17) is 5.73 Å². The molecule has 1 fully saturated rings. The maximum Gasteiger partial charge on any atom is 0.240 e. The van der Waals surface area contributed by atoms with Crippen molar-refractivity contribution in [3.05, 3.63) is 24.3 Å². The summed E-state index contributed by atoms with van der Waals surface area (Å²) in [6.07, 6.45) is 1.08. The maximum absolute atomic E-state index is 12.1. The highest BCUT2D eigenvalue weighted by molar-refractivity contribution is 7.22. The lowest BCUT2D eigenvalue weighted by Crippen LogP contribution is -2.34. The molecule has 1 saturated heterocycles. The molecule has 2 heterocycles. The van der Waals surface area contributed by atoms with E-state index in [0.717, 1.165) is 29.7 Å². The van der Waals surface area contributed by atoms with Crippen LogP contribution in [0.25, 0.3) is 10.2 Å². The average molecular weight is 341 g/mol. The number of carbonyl (C=O) groups excluding carboxylic acids is 1. The fraction of sp³-hybridized carbons (Fsp3) is 0.467. The lowest BCUT2D eigenvalue weighted by molar-refractivity contribution is -0.117. The van der Waals surface area contributed by atoms with Crippen molar-refractivity contribution in [1.82, 2.24) is 9.88 Å². The average Bonchev–Trinajstić information content (AvgIpc) is 3.04. The molecule has 0 bridgehead atoms. The van der Waals surface area contributed by atoms with Gasteiger partial charge in [-0.1, -0.05) is 23.5 Å². The molecule has 3 rings (SSSR count). The van der Waals surface area contributed by atoms with Gasteiger partial charge in [0.1, 0.15) is 0 Å². The molecule has 2 unspecified atom stereocenters. The second kappa shape index (κ2) is 7.37. The Morgan fingerprint density at radius 3 is 3.00 bits per heavy atom. The molecule has 120 valence electrons. The van der Waals surface area contributed by atoms with E-state index >= 15 is 0 Å². The third kappa shape index (κ3) is 3.95. The number of carbonyl (C=O) groups is 1. The van der Waals surface area contributed by atoms with E-state index < -0.39 is 0 Å². The highest BCUT2D eigenvalue weighted by atomic mass is 35.5. The Morgan fingerprint density at radius 1 is 1.55 bits per heavy atom. The van der Waals surface area contributed by atoms with Gasteiger partial charge in [-0.25, -0.2) is 4.98 Å². The molecule has 1 aliphatic heterocycles. The van der Waals surface area contributed by atoms with Gasteiger partial charge in [-0.15, -0.1) is 12.4 Å². The Balaban J connectivity index is 0.00000176. The number of nitrogens with zero attached hydrogens (tertiary/aromatic N) is 2. The van der Waals surface area contributed by atoms with Crippen molar-refractivity contribution in [3.8, 4) is 0 Å². The number of anilines is 1. The standard InChI is InChI=1S/C15H20N4OS.ClH/c1-10(16)11-6-7-19(8-11)9-14(20)18-15-17-12-4-2-3-5-13(12)21-15;/h2-5,10-11H,6-9,16H2,1H3,(H,17,18,20);1H. The monoisotopic (exact) mass is 340 g/mol. The molecule has 1 aliphatic rings. The van der Waals surface area contributed by atoms with E-state index in [0.29, 0.717) is 17.6 Å². The largest absolute Gasteiger partial charge is 0.328 e. The first-order valence-electron chi connectivity index (χ1n) is 7.25. The van der Waals surface area contributed by atoms with Gasteiger partial charge in [0.2, 0.25) is 5.91 Å². The van der Waals surface area contributed by atoms with Gasteiger partial charge in [-0.2, -0.15) is 0 Å². The fourth-order valence-electron chi connectivity index (χ4n) is 2.72. The third-order valence-corrected chi connectivity index (χ3v) is 4.91. The Hall–Kier alpha value is -1.21. The van der Waals surface area contributed by atoms with Gasteiger partial charge in [-0.3, -0.25) is 9.69 Å². The highest BCUT2D eigenvalue weighted by Gasteiger charge is 2.26. The molecule has 0 spiro atoms. The first kappa shape index (κ1) is 17.1. The van der Waals surface area contributed by atoms with Crippen LogP contribution in [-0.2, 0) is 4.79 Å². The molecule has 1 aromatic heterocycles. The zero-order valence-electron chi connectivity index (χ0n) is 12.5. The highest BCUT2D eigenvalue weighted by Crippen LogP contribution is 2.25. The second-order valence-electron chi connectivity index (χ2n) is 5.68. The van der Waals surface area contributed by atoms with Crippen LogP contribution >= 0.6 is 23.7 Å². The molecule has 2 atom stereocenters. The zero-order valence-corrected chi connectivity index (χ0v) is 14.1. The summed E-state index contributed by atoms with van der Waals surface area (Å²) in [5.41, 5.74) is 6.85. The predicted molar refractivity (Wildman–Crippen MR) is 93.7 cm³/mol. The summed E-state index contributed by atoms with van der Waals surface area (Å²) in [5.74, 6) is 0.500. The van der Waals surface area contributed by atoms with Gasteiger partial charge in [0.15, 0.2) is 5.13 Å². The van der Waals surface area contributed by atoms with Crippen LogP contribution in [0.3, 0.4) is 0 Å². The Bertz CT molecular complexity index is 612. The van der Waals surface area contributed by atoms with E-state index in [1.807, 2.05) is 31.2 Å². The number of rotatable bonds is 4. The Labute approximate surface area is 140 Å². The summed E-state index contributed by atoms with van der Waals surface area (Å²) in [7, 11) is 0. The van der Waals surface area contributed by atoms with Crippen LogP contribution in [0.15, 0.2) is 24.3 Å². The lowest BCUT2D eigenvalue weighted by Gasteiger charge is -2.16. The van der Waals surface area contributed by atoms with Crippen molar-refractivity contribution in [2.24, 2.45) is 11.7 Å². The molecule has 7 heteroatoms. The van der Waals surface area contributed by atoms with Crippen molar-refractivity contribution in [1.29, 1.82) is 0 Å². The SMILES string of the molecule is CC(N)C1CCN(CC(=O)Nc2nc3ccccc3s2)C1.Cl. The minimum Gasteiger partial charge on any atom is -0.328 e. The maximum atomic E-state index is 12.1. The van der Waals surface area contributed by atoms with Crippen molar-refractivity contribution in [2.45, 2.75) is 19.4 Å². The van der Waals surface area contributed by atoms with Gasteiger partial charge in [0.05, 0.1) is 16.8 Å². The van der Waals surface area contributed by atoms with Crippen LogP contribution in [0.2, 0.25) is 0 Å². The summed E-state index contributed by atoms with van der Waals surface area (Å²) < 4.78 is 1.09. The van der Waals surface area contributed by atoms with Gasteiger partial charge in [-0.05, 0) is 37.9 Å². The van der Waals surface area contributed by atoms with Crippen molar-refractivity contribution < 1.29 is 4.79 Å². The number of fused-ring (bicyclic) bond motifs is 1. The Morgan fingerprint density at radius 2 is 2.32 bits per heavy atom. The molecule has 2 aromatic rings. The number of nitrogens with two attached hydrogens (primary N) is 1. The molecule has 0 radical (unpaired) electrons. The first-order valence-corrected chi connectivity index (χ1v) is 8.07. The molecule has 1 amide bonds. The molecule has 0 aliphatic carbocycles. The third-order valence-electron chi connectivity index (χ3n) is 3.96. The molecular formula is C15H21ClN4OS. The van der Waals surface area contributed by atoms with E-state index in [-0.39, 0.29) is 24.4 Å². The first-order chi connectivity index (χ1) is 10.1. The van der Waals surface area contributed by atoms with Crippen molar-refractivity contribution >= 4 is 45.0 Å². The van der Waals surface area contributed by atoms with Crippen molar-refractivity contribution in [3.63, 3.8) is 0 Å². The van der Waals surface area contributed by atoms with Gasteiger partial charge >= 0.3 is 0 Å². The minimum atomic E-state index is -0.000574. The van der Waals surface area contributed by atoms with Crippen molar-refractivity contribution in [2.75, 3.05) is 25.0 Å². The molecule has 1 aromatic carbocycles. The van der Waals surface area contributed by atoms with Gasteiger partial charge < -0.3 is 11.1 Å². The normalized spacial score (nSPS) is 19.8. The number of amides is 1. The number of thiazole rings is 1. The molecule has 3 N–H and O–H groups in total. The summed E-state index contributed by atoms with van der Waals surface area (Å²) in [6, 6.07) is 8.09. The number of aromatic nitrogens is 1. The molecule has 5 nitrogen and oxygen atoms in total. The summed E-state index contributed by atoms with van der Waals surface area (Å²) >= 11 is 1.51. The summed E-state index contributed by atoms with van der Waals surface area (Å²) in [5, 5.41) is 3.57. The number of hydrogen-bond donors (Lipinski definition) is 2. The quantitative estimate of drug-likeness (QED) is 0.896. The van der Waals surface area contributed by atoms with Crippen LogP contribution in [0.5, 0.6) is 0 Å². The molecule has 0 saturated carbocycles. The predicted octanol–water partition coefficient (Wildman–Crippen LogP) is 2.33. The number of likely N-dealkylation sites (tertiary alicyclic amines) is 1. The number of halogens is 1. The number of para-hydroxylation sites is 1. The number of nitrogens with one attached hydrogen (secondary N) is 1. The van der Waals surface area contributed by atoms with Crippen LogP contribution in [-0.4, -0.2) is 41.5 Å². The number of benzene rings is 1. The topological polar surface area (TPSA) is 71.2 Å². The smallest absolute Gasteiger partial charge is 0.240 e. The summed E-state index contributed by atoms with van der Waals surface area (Å²) in [4.78, 5) is 18.7. The number of hydrogen-bond acceptors (Lipinski definition) is 5. The minimum absolute atomic E-state index is 0. The zero-order chi connectivity index (χ0) is 14.8. The van der Waals surface area contributed by atoms with E-state index in [1.54, 1.807) is 0 Å². The fourth-order valence-corrected chi connectivity index (χ4v) is 3.60.